The Hall–Kier alpha value is -11.7. The minimum absolute atomic E-state index is 0.121. The van der Waals surface area contributed by atoms with Crippen LogP contribution in [-0.2, 0) is 6.42 Å². The van der Waals surface area contributed by atoms with Gasteiger partial charge in [-0.3, -0.25) is 0 Å². The Morgan fingerprint density at radius 1 is 0.318 bits per heavy atom. The minimum atomic E-state index is -0.954. The molecule has 0 saturated heterocycles. The van der Waals surface area contributed by atoms with E-state index in [4.69, 9.17) is 38.9 Å². The van der Waals surface area contributed by atoms with E-state index in [0.29, 0.717) is 102 Å². The van der Waals surface area contributed by atoms with Crippen molar-refractivity contribution in [2.75, 3.05) is 0 Å². The summed E-state index contributed by atoms with van der Waals surface area (Å²) in [6, 6.07) is 55.6. The Labute approximate surface area is 768 Å². The number of aromatic carboxylic acids is 4. The zero-order valence-electron chi connectivity index (χ0n) is 75.3. The highest BCUT2D eigenvalue weighted by Crippen LogP contribution is 2.48. The van der Waals surface area contributed by atoms with Crippen LogP contribution in [-0.4, -0.2) is 88.7 Å². The van der Waals surface area contributed by atoms with Crippen LogP contribution in [0.15, 0.2) is 170 Å². The molecule has 0 bridgehead atoms. The first-order valence-corrected chi connectivity index (χ1v) is 48.8. The zero-order valence-corrected chi connectivity index (χ0v) is 78.5. The van der Waals surface area contributed by atoms with Crippen LogP contribution in [0, 0.1) is 72.1 Å². The first-order valence-electron chi connectivity index (χ1n) is 45.6. The van der Waals surface area contributed by atoms with E-state index in [1.807, 2.05) is 118 Å². The number of pyridine rings is 4. The third-order valence-corrected chi connectivity index (χ3v) is 31.9. The number of nitrogens with zero attached hydrogens (tertiary/aromatic N) is 4. The Kier molecular flexibility index (Phi) is 26.4. The number of hydrogen-bond acceptors (Lipinski definition) is 16. The molecule has 20 rings (SSSR count). The van der Waals surface area contributed by atoms with Gasteiger partial charge in [0.25, 0.3) is 0 Å². The summed E-state index contributed by atoms with van der Waals surface area (Å²) in [5.41, 5.74) is 15.2. The summed E-state index contributed by atoms with van der Waals surface area (Å²) in [5, 5.41) is 47.9. The van der Waals surface area contributed by atoms with Gasteiger partial charge in [0.2, 0.25) is 0 Å². The summed E-state index contributed by atoms with van der Waals surface area (Å²) >= 11 is 6.64. The lowest BCUT2D eigenvalue weighted by Gasteiger charge is -2.28. The van der Waals surface area contributed by atoms with Crippen molar-refractivity contribution in [3.05, 3.63) is 237 Å². The standard InChI is InChI=1S/C28H29NO3S.3C27H27NO3S/c1-4-18-12-13-23(32-19-9-7-8-16(2)14-19)25-21(28(30)31)15-22(29-26(18)25)27-17(3)20-10-5-6-11-24(20)33-27;3*1-15-7-6-8-18(13-15)31-22-12-11-16(2)25-24(22)20(27(29)30)14-21(28-25)26-17(3)19-9-4-5-10-23(19)32-26/h5-6,10-13,15-16,19H,4,7-9,14H2,1-3H3,(H,30,31);3*4-5,9-12,14-15,18H,6-8,13H2,1-3H3,(H,29,30)/t16-,19-;2*15-,18+;15-,18-/m1100/s1. The zero-order chi connectivity index (χ0) is 90.3. The quantitative estimate of drug-likeness (QED) is 0.0663. The highest BCUT2D eigenvalue weighted by Gasteiger charge is 2.32. The van der Waals surface area contributed by atoms with Gasteiger partial charge >= 0.3 is 23.9 Å². The van der Waals surface area contributed by atoms with E-state index in [1.54, 1.807) is 69.6 Å². The minimum Gasteiger partial charge on any atom is -0.490 e. The van der Waals surface area contributed by atoms with E-state index in [2.05, 4.69) is 111 Å². The summed E-state index contributed by atoms with van der Waals surface area (Å²) in [5.74, 6) is 1.25. The Morgan fingerprint density at radius 3 is 0.783 bits per heavy atom. The molecule has 0 unspecified atom stereocenters. The number of carboxylic acids is 4. The van der Waals surface area contributed by atoms with E-state index in [1.165, 1.54) is 66.0 Å². The van der Waals surface area contributed by atoms with Crippen LogP contribution in [0.3, 0.4) is 0 Å². The first kappa shape index (κ1) is 89.3. The second-order valence-electron chi connectivity index (χ2n) is 36.3. The summed E-state index contributed by atoms with van der Waals surface area (Å²) < 4.78 is 30.4. The van der Waals surface area contributed by atoms with Crippen LogP contribution in [0.2, 0.25) is 0 Å². The number of aryl methyl sites for hydroxylation is 8. The number of thiophene rings is 4. The topological polar surface area (TPSA) is 238 Å². The third-order valence-electron chi connectivity index (χ3n) is 26.7. The van der Waals surface area contributed by atoms with Gasteiger partial charge in [-0.15, -0.1) is 45.3 Å². The van der Waals surface area contributed by atoms with Crippen LogP contribution in [0.1, 0.15) is 223 Å². The number of carbonyl (C=O) groups is 4. The van der Waals surface area contributed by atoms with E-state index in [0.717, 1.165) is 159 Å². The molecule has 4 N–H and O–H groups in total. The number of benzene rings is 8. The van der Waals surface area contributed by atoms with Crippen molar-refractivity contribution in [1.29, 1.82) is 0 Å². The molecule has 20 heteroatoms. The number of hydrogen-bond donors (Lipinski definition) is 4. The van der Waals surface area contributed by atoms with Crippen molar-refractivity contribution in [2.45, 2.75) is 217 Å². The number of fused-ring (bicyclic) bond motifs is 8. The molecule has 16 nitrogen and oxygen atoms in total. The van der Waals surface area contributed by atoms with Gasteiger partial charge in [0.05, 0.1) is 133 Å². The average molecular weight is 1800 g/mol. The molecule has 8 aromatic heterocycles. The molecule has 662 valence electrons. The maximum absolute atomic E-state index is 12.5. The van der Waals surface area contributed by atoms with Gasteiger partial charge in [-0.1, -0.05) is 157 Å². The van der Waals surface area contributed by atoms with Crippen molar-refractivity contribution < 1.29 is 58.6 Å². The van der Waals surface area contributed by atoms with Crippen molar-refractivity contribution in [3.63, 3.8) is 0 Å². The molecule has 16 aromatic rings. The highest BCUT2D eigenvalue weighted by molar-refractivity contribution is 7.23. The lowest BCUT2D eigenvalue weighted by atomic mass is 9.88. The molecule has 0 spiro atoms. The molecular weight excluding hydrogens is 1690 g/mol. The smallest absolute Gasteiger partial charge is 0.336 e. The van der Waals surface area contributed by atoms with E-state index < -0.39 is 23.9 Å². The fourth-order valence-electron chi connectivity index (χ4n) is 19.8. The summed E-state index contributed by atoms with van der Waals surface area (Å²) in [6.45, 7) is 25.4. The number of rotatable bonds is 17. The molecule has 4 aliphatic rings. The van der Waals surface area contributed by atoms with Crippen molar-refractivity contribution in [1.82, 2.24) is 19.9 Å². The molecular formula is C109H110N4O12S4. The van der Waals surface area contributed by atoms with E-state index >= 15 is 0 Å². The third kappa shape index (κ3) is 18.5. The van der Waals surface area contributed by atoms with Gasteiger partial charge in [-0.05, 0) is 294 Å². The monoisotopic (exact) mass is 1790 g/mol. The molecule has 0 amide bonds. The molecule has 8 heterocycles. The lowest BCUT2D eigenvalue weighted by molar-refractivity contribution is 0.0687. The van der Waals surface area contributed by atoms with Crippen molar-refractivity contribution >= 4 is 153 Å². The first-order chi connectivity index (χ1) is 62.2. The van der Waals surface area contributed by atoms with Crippen molar-refractivity contribution in [2.24, 2.45) is 23.7 Å². The SMILES string of the molecule is CCc1ccc(O[C@@H]2CCC[C@@H](C)C2)c2c(C(=O)O)cc(-c3sc4ccccc4c3C)nc12.Cc1c(-c2cc(C(=O)O)c3c(O[C@@H]4CCC[C@H](C)C4)ccc(C)c3n2)sc2ccccc12.Cc1c(-c2cc(C(=O)O)c3c(O[C@H]4CCC[C@@H](C)C4)ccc(C)c3n2)sc2ccccc12.Cc1c(-c2cc(C(=O)O)c3c(O[C@H]4CCC[C@H](C)C4)ccc(C)c3n2)sc2ccccc12. The number of ether oxygens (including phenoxy) is 4. The normalized spacial score (nSPS) is 18.8. The molecule has 4 saturated carbocycles. The Morgan fingerprint density at radius 2 is 0.550 bits per heavy atom. The van der Waals surface area contributed by atoms with Gasteiger partial charge in [0, 0.05) is 18.8 Å². The predicted molar refractivity (Wildman–Crippen MR) is 529 cm³/mol. The highest BCUT2D eigenvalue weighted by atomic mass is 32.1. The summed E-state index contributed by atoms with van der Waals surface area (Å²) in [6.07, 6.45) is 18.8. The second kappa shape index (κ2) is 38.2. The second-order valence-corrected chi connectivity index (χ2v) is 40.5. The van der Waals surface area contributed by atoms with Gasteiger partial charge in [-0.25, -0.2) is 39.1 Å². The van der Waals surface area contributed by atoms with E-state index in [9.17, 15) is 39.6 Å². The lowest BCUT2D eigenvalue weighted by Crippen LogP contribution is -2.24. The Balaban J connectivity index is 0.000000121. The molecule has 8 atom stereocenters. The maximum Gasteiger partial charge on any atom is 0.336 e. The van der Waals surface area contributed by atoms with Gasteiger partial charge in [0.1, 0.15) is 23.0 Å². The molecule has 129 heavy (non-hydrogen) atoms. The number of aromatic nitrogens is 4. The van der Waals surface area contributed by atoms with Crippen LogP contribution < -0.4 is 18.9 Å². The predicted octanol–water partition coefficient (Wildman–Crippen LogP) is 29.8. The fourth-order valence-corrected chi connectivity index (χ4v) is 24.5. The summed E-state index contributed by atoms with van der Waals surface area (Å²) in [7, 11) is 0. The number of carboxylic acid groups (broad SMARTS) is 4. The molecule has 4 fully saturated rings. The van der Waals surface area contributed by atoms with Crippen molar-refractivity contribution in [3.8, 4) is 65.3 Å². The van der Waals surface area contributed by atoms with Crippen LogP contribution in [0.5, 0.6) is 23.0 Å². The largest absolute Gasteiger partial charge is 0.490 e. The summed E-state index contributed by atoms with van der Waals surface area (Å²) in [4.78, 5) is 73.7. The fraction of sp³-hybridized carbons (Fsp3) is 0.339. The van der Waals surface area contributed by atoms with Crippen LogP contribution in [0.4, 0.5) is 0 Å². The molecule has 0 aliphatic heterocycles. The molecule has 4 aliphatic carbocycles. The van der Waals surface area contributed by atoms with Crippen LogP contribution >= 0.6 is 45.3 Å². The van der Waals surface area contributed by atoms with E-state index in [-0.39, 0.29) is 46.7 Å². The maximum atomic E-state index is 12.5. The Bertz CT molecular complexity index is 6550. The molecule has 8 aromatic carbocycles. The molecule has 0 radical (unpaired) electrons. The average Bonchev–Trinajstić information content (AvgIpc) is 1.59. The van der Waals surface area contributed by atoms with Gasteiger partial charge in [-0.2, -0.15) is 0 Å². The van der Waals surface area contributed by atoms with Crippen LogP contribution in [0.25, 0.3) is 126 Å². The van der Waals surface area contributed by atoms with Gasteiger partial charge < -0.3 is 39.4 Å². The van der Waals surface area contributed by atoms with Gasteiger partial charge in [0.15, 0.2) is 0 Å².